The van der Waals surface area contributed by atoms with Crippen molar-refractivity contribution >= 4 is 23.7 Å². The van der Waals surface area contributed by atoms with E-state index in [0.29, 0.717) is 6.42 Å². The minimum absolute atomic E-state index is 0.0985. The first-order chi connectivity index (χ1) is 17.1. The fourth-order valence-electron chi connectivity index (χ4n) is 3.52. The largest absolute Gasteiger partial charge is 0.508 e. The smallest absolute Gasteiger partial charge is 0.326 e. The van der Waals surface area contributed by atoms with Crippen LogP contribution >= 0.6 is 0 Å². The second-order valence-corrected chi connectivity index (χ2v) is 8.71. The number of aromatic hydroxyl groups is 1. The van der Waals surface area contributed by atoms with E-state index in [4.69, 9.17) is 5.73 Å². The fourth-order valence-corrected chi connectivity index (χ4v) is 3.52. The maximum absolute atomic E-state index is 13.0. The van der Waals surface area contributed by atoms with Gasteiger partial charge in [0, 0.05) is 6.42 Å². The van der Waals surface area contributed by atoms with Crippen LogP contribution < -0.4 is 21.7 Å². The predicted octanol–water partition coefficient (Wildman–Crippen LogP) is 0.721. The van der Waals surface area contributed by atoms with Crippen LogP contribution in [0.25, 0.3) is 0 Å². The summed E-state index contributed by atoms with van der Waals surface area (Å²) < 4.78 is 0. The van der Waals surface area contributed by atoms with E-state index in [1.54, 1.807) is 43.3 Å². The molecule has 0 heterocycles. The summed E-state index contributed by atoms with van der Waals surface area (Å²) in [6.07, 6.45) is 0.891. The molecule has 2 aromatic carbocycles. The number of benzene rings is 2. The highest BCUT2D eigenvalue weighted by atomic mass is 16.4. The Kier molecular flexibility index (Phi) is 10.9. The van der Waals surface area contributed by atoms with Gasteiger partial charge in [0.2, 0.25) is 17.7 Å². The monoisotopic (exact) mass is 498 g/mol. The SMILES string of the molecule is CCC(C)C(NC(=O)C(Cc1ccccc1)NC(=O)CNC(=O)C(N)Cc1ccc(O)cc1)C(=O)O. The van der Waals surface area contributed by atoms with Crippen LogP contribution in [0.1, 0.15) is 31.4 Å². The molecule has 0 fully saturated rings. The molecule has 3 amide bonds. The van der Waals surface area contributed by atoms with Crippen molar-refractivity contribution in [3.63, 3.8) is 0 Å². The van der Waals surface area contributed by atoms with Crippen LogP contribution in [0, 0.1) is 5.92 Å². The Labute approximate surface area is 210 Å². The van der Waals surface area contributed by atoms with Gasteiger partial charge < -0.3 is 31.9 Å². The number of carbonyl (C=O) groups is 4. The Morgan fingerprint density at radius 1 is 0.889 bits per heavy atom. The summed E-state index contributed by atoms with van der Waals surface area (Å²) in [5.74, 6) is -3.17. The quantitative estimate of drug-likeness (QED) is 0.236. The molecule has 0 saturated carbocycles. The molecule has 4 atom stereocenters. The van der Waals surface area contributed by atoms with Gasteiger partial charge in [-0.3, -0.25) is 14.4 Å². The number of hydrogen-bond donors (Lipinski definition) is 6. The number of phenolic OH excluding ortho intramolecular Hbond substituents is 1. The maximum atomic E-state index is 13.0. The summed E-state index contributed by atoms with van der Waals surface area (Å²) in [7, 11) is 0. The topological polar surface area (TPSA) is 171 Å². The fraction of sp³-hybridized carbons (Fsp3) is 0.385. The Morgan fingerprint density at radius 2 is 1.50 bits per heavy atom. The van der Waals surface area contributed by atoms with Crippen molar-refractivity contribution in [1.82, 2.24) is 16.0 Å². The first-order valence-electron chi connectivity index (χ1n) is 11.8. The minimum Gasteiger partial charge on any atom is -0.508 e. The van der Waals surface area contributed by atoms with Gasteiger partial charge in [0.15, 0.2) is 0 Å². The van der Waals surface area contributed by atoms with Gasteiger partial charge in [0.1, 0.15) is 17.8 Å². The zero-order chi connectivity index (χ0) is 26.7. The molecule has 0 saturated heterocycles. The summed E-state index contributed by atoms with van der Waals surface area (Å²) in [6.45, 7) is 3.14. The van der Waals surface area contributed by atoms with E-state index in [1.165, 1.54) is 12.1 Å². The van der Waals surface area contributed by atoms with Crippen molar-refractivity contribution in [2.45, 2.75) is 51.2 Å². The molecular formula is C26H34N4O6. The van der Waals surface area contributed by atoms with Gasteiger partial charge in [-0.15, -0.1) is 0 Å². The molecule has 0 aromatic heterocycles. The number of aliphatic carboxylic acids is 1. The van der Waals surface area contributed by atoms with E-state index < -0.39 is 48.4 Å². The Balaban J connectivity index is 2.00. The first-order valence-corrected chi connectivity index (χ1v) is 11.8. The standard InChI is InChI=1S/C26H34N4O6/c1-3-16(2)23(26(35)36)30-25(34)21(14-17-7-5-4-6-8-17)29-22(32)15-28-24(33)20(27)13-18-9-11-19(31)12-10-18/h4-12,16,20-21,23,31H,3,13-15,27H2,1-2H3,(H,28,33)(H,29,32)(H,30,34)(H,35,36). The highest BCUT2D eigenvalue weighted by Gasteiger charge is 2.30. The molecule has 0 bridgehead atoms. The van der Waals surface area contributed by atoms with E-state index in [0.717, 1.165) is 11.1 Å². The number of nitrogens with one attached hydrogen (secondary N) is 3. The molecule has 36 heavy (non-hydrogen) atoms. The van der Waals surface area contributed by atoms with Gasteiger partial charge in [0.25, 0.3) is 0 Å². The molecule has 10 heteroatoms. The number of phenols is 1. The van der Waals surface area contributed by atoms with Crippen molar-refractivity contribution in [2.24, 2.45) is 11.7 Å². The average molecular weight is 499 g/mol. The van der Waals surface area contributed by atoms with E-state index in [1.807, 2.05) is 13.0 Å². The van der Waals surface area contributed by atoms with Crippen LogP contribution in [0.5, 0.6) is 5.75 Å². The Morgan fingerprint density at radius 3 is 2.08 bits per heavy atom. The van der Waals surface area contributed by atoms with Gasteiger partial charge in [-0.1, -0.05) is 62.7 Å². The highest BCUT2D eigenvalue weighted by molar-refractivity contribution is 5.92. The van der Waals surface area contributed by atoms with E-state index in [9.17, 15) is 29.4 Å². The van der Waals surface area contributed by atoms with Gasteiger partial charge >= 0.3 is 5.97 Å². The second kappa shape index (κ2) is 13.8. The third kappa shape index (κ3) is 9.03. The lowest BCUT2D eigenvalue weighted by molar-refractivity contribution is -0.143. The molecule has 10 nitrogen and oxygen atoms in total. The number of amides is 3. The van der Waals surface area contributed by atoms with E-state index >= 15 is 0 Å². The molecule has 0 radical (unpaired) electrons. The van der Waals surface area contributed by atoms with Crippen molar-refractivity contribution in [2.75, 3.05) is 6.54 Å². The van der Waals surface area contributed by atoms with Crippen LogP contribution in [0.4, 0.5) is 0 Å². The summed E-state index contributed by atoms with van der Waals surface area (Å²) in [6, 6.07) is 12.2. The average Bonchev–Trinajstić information content (AvgIpc) is 2.86. The zero-order valence-corrected chi connectivity index (χ0v) is 20.4. The number of rotatable bonds is 13. The Bertz CT molecular complexity index is 1030. The number of carboxylic acid groups (broad SMARTS) is 1. The Hall–Kier alpha value is -3.92. The van der Waals surface area contributed by atoms with Crippen molar-refractivity contribution in [3.05, 3.63) is 65.7 Å². The second-order valence-electron chi connectivity index (χ2n) is 8.71. The third-order valence-electron chi connectivity index (χ3n) is 5.86. The molecular weight excluding hydrogens is 464 g/mol. The number of carboxylic acids is 1. The van der Waals surface area contributed by atoms with Gasteiger partial charge in [0.05, 0.1) is 12.6 Å². The van der Waals surface area contributed by atoms with Crippen molar-refractivity contribution in [3.8, 4) is 5.75 Å². The molecule has 0 spiro atoms. The number of nitrogens with two attached hydrogens (primary N) is 1. The summed E-state index contributed by atoms with van der Waals surface area (Å²) in [4.78, 5) is 49.6. The lowest BCUT2D eigenvalue weighted by atomic mass is 9.98. The van der Waals surface area contributed by atoms with Crippen LogP contribution in [0.3, 0.4) is 0 Å². The zero-order valence-electron chi connectivity index (χ0n) is 20.4. The predicted molar refractivity (Wildman–Crippen MR) is 134 cm³/mol. The lowest BCUT2D eigenvalue weighted by Crippen LogP contribution is -2.55. The molecule has 2 rings (SSSR count). The normalized spacial score (nSPS) is 14.1. The van der Waals surface area contributed by atoms with Crippen molar-refractivity contribution in [1.29, 1.82) is 0 Å². The molecule has 4 unspecified atom stereocenters. The van der Waals surface area contributed by atoms with Crippen LogP contribution in [0.15, 0.2) is 54.6 Å². The van der Waals surface area contributed by atoms with Gasteiger partial charge in [-0.2, -0.15) is 0 Å². The van der Waals surface area contributed by atoms with E-state index in [-0.39, 0.29) is 24.5 Å². The molecule has 7 N–H and O–H groups in total. The molecule has 194 valence electrons. The lowest BCUT2D eigenvalue weighted by Gasteiger charge is -2.24. The molecule has 2 aromatic rings. The van der Waals surface area contributed by atoms with Gasteiger partial charge in [-0.05, 0) is 35.6 Å². The third-order valence-corrected chi connectivity index (χ3v) is 5.86. The highest BCUT2D eigenvalue weighted by Crippen LogP contribution is 2.11. The minimum atomic E-state index is -1.16. The van der Waals surface area contributed by atoms with Crippen LogP contribution in [-0.2, 0) is 32.0 Å². The number of carbonyl (C=O) groups excluding carboxylic acids is 3. The van der Waals surface area contributed by atoms with Crippen LogP contribution in [0.2, 0.25) is 0 Å². The molecule has 0 aliphatic heterocycles. The number of hydrogen-bond acceptors (Lipinski definition) is 6. The van der Waals surface area contributed by atoms with Gasteiger partial charge in [-0.25, -0.2) is 4.79 Å². The van der Waals surface area contributed by atoms with Crippen LogP contribution in [-0.4, -0.2) is 58.6 Å². The van der Waals surface area contributed by atoms with Crippen molar-refractivity contribution < 1.29 is 29.4 Å². The maximum Gasteiger partial charge on any atom is 0.326 e. The van der Waals surface area contributed by atoms with E-state index in [2.05, 4.69) is 16.0 Å². The molecule has 0 aliphatic rings. The summed E-state index contributed by atoms with van der Waals surface area (Å²) in [5.41, 5.74) is 7.44. The molecule has 0 aliphatic carbocycles. The summed E-state index contributed by atoms with van der Waals surface area (Å²) in [5, 5.41) is 26.4. The first kappa shape index (κ1) is 28.3. The summed E-state index contributed by atoms with van der Waals surface area (Å²) >= 11 is 0.